The Balaban J connectivity index is 3.08. The molecule has 1 aromatic carbocycles. The van der Waals surface area contributed by atoms with Crippen LogP contribution in [0.1, 0.15) is 22.3 Å². The van der Waals surface area contributed by atoms with Gasteiger partial charge in [-0.15, -0.1) is 0 Å². The van der Waals surface area contributed by atoms with Crippen LogP contribution in [-0.4, -0.2) is 12.1 Å². The second kappa shape index (κ2) is 4.18. The van der Waals surface area contributed by atoms with Crippen LogP contribution in [0, 0.1) is 20.8 Å². The molecule has 0 amide bonds. The number of carbonyl (C=O) groups excluding carboxylic acids is 2. The van der Waals surface area contributed by atoms with E-state index in [1.165, 1.54) is 5.56 Å². The number of ketones is 1. The predicted molar refractivity (Wildman–Crippen MR) is 55.4 cm³/mol. The van der Waals surface area contributed by atoms with Gasteiger partial charge >= 0.3 is 0 Å². The average molecular weight is 190 g/mol. The number of aldehydes is 1. The van der Waals surface area contributed by atoms with Gasteiger partial charge in [-0.2, -0.15) is 0 Å². The van der Waals surface area contributed by atoms with Gasteiger partial charge in [0.1, 0.15) is 0 Å². The van der Waals surface area contributed by atoms with Crippen molar-refractivity contribution >= 4 is 12.1 Å². The molecule has 0 spiro atoms. The largest absolute Gasteiger partial charge is 0.295 e. The monoisotopic (exact) mass is 190 g/mol. The standard InChI is InChI=1S/C12H14O2/c1-8-4-9(2)12(10(3)5-8)6-11(14)7-13/h4-5,7H,6H2,1-3H3. The van der Waals surface area contributed by atoms with Crippen LogP contribution in [0.2, 0.25) is 0 Å². The number of benzene rings is 1. The van der Waals surface area contributed by atoms with Crippen molar-refractivity contribution in [3.63, 3.8) is 0 Å². The van der Waals surface area contributed by atoms with Crippen molar-refractivity contribution in [1.82, 2.24) is 0 Å². The molecule has 2 heteroatoms. The Kier molecular flexibility index (Phi) is 3.18. The average Bonchev–Trinajstić information content (AvgIpc) is 2.10. The van der Waals surface area contributed by atoms with Crippen molar-refractivity contribution in [3.8, 4) is 0 Å². The molecular formula is C12H14O2. The van der Waals surface area contributed by atoms with E-state index in [1.54, 1.807) is 0 Å². The van der Waals surface area contributed by atoms with Crippen molar-refractivity contribution in [3.05, 3.63) is 34.4 Å². The molecule has 0 radical (unpaired) electrons. The van der Waals surface area contributed by atoms with Gasteiger partial charge in [0.05, 0.1) is 0 Å². The molecule has 0 N–H and O–H groups in total. The molecule has 0 bridgehead atoms. The first-order valence-corrected chi connectivity index (χ1v) is 4.59. The second-order valence-electron chi connectivity index (χ2n) is 3.64. The van der Waals surface area contributed by atoms with Crippen LogP contribution in [0.5, 0.6) is 0 Å². The van der Waals surface area contributed by atoms with Gasteiger partial charge in [0, 0.05) is 6.42 Å². The summed E-state index contributed by atoms with van der Waals surface area (Å²) in [6, 6.07) is 4.06. The van der Waals surface area contributed by atoms with Crippen LogP contribution in [-0.2, 0) is 16.0 Å². The van der Waals surface area contributed by atoms with Crippen LogP contribution >= 0.6 is 0 Å². The summed E-state index contributed by atoms with van der Waals surface area (Å²) in [5.74, 6) is -0.361. The van der Waals surface area contributed by atoms with Crippen LogP contribution in [0.25, 0.3) is 0 Å². The van der Waals surface area contributed by atoms with E-state index >= 15 is 0 Å². The minimum absolute atomic E-state index is 0.224. The fraction of sp³-hybridized carbons (Fsp3) is 0.333. The number of Topliss-reactive ketones (excluding diaryl/α,β-unsaturated/α-hetero) is 1. The van der Waals surface area contributed by atoms with Gasteiger partial charge in [-0.3, -0.25) is 9.59 Å². The molecule has 0 saturated carbocycles. The quantitative estimate of drug-likeness (QED) is 0.539. The molecule has 0 atom stereocenters. The minimum Gasteiger partial charge on any atom is -0.295 e. The van der Waals surface area contributed by atoms with Gasteiger partial charge in [-0.25, -0.2) is 0 Å². The van der Waals surface area contributed by atoms with E-state index < -0.39 is 0 Å². The molecular weight excluding hydrogens is 176 g/mol. The van der Waals surface area contributed by atoms with Gasteiger partial charge in [0.15, 0.2) is 12.1 Å². The number of hydrogen-bond acceptors (Lipinski definition) is 2. The smallest absolute Gasteiger partial charge is 0.199 e. The fourth-order valence-electron chi connectivity index (χ4n) is 1.70. The molecule has 0 aliphatic rings. The summed E-state index contributed by atoms with van der Waals surface area (Å²) >= 11 is 0. The van der Waals surface area contributed by atoms with E-state index in [1.807, 2.05) is 32.9 Å². The summed E-state index contributed by atoms with van der Waals surface area (Å²) in [6.45, 7) is 5.95. The number of hydrogen-bond donors (Lipinski definition) is 0. The number of carbonyl (C=O) groups is 2. The van der Waals surface area contributed by atoms with Crippen LogP contribution in [0.15, 0.2) is 12.1 Å². The maximum absolute atomic E-state index is 11.0. The Labute approximate surface area is 83.9 Å². The molecule has 0 aliphatic heterocycles. The number of rotatable bonds is 3. The third-order valence-corrected chi connectivity index (χ3v) is 2.32. The summed E-state index contributed by atoms with van der Waals surface area (Å²) < 4.78 is 0. The molecule has 0 unspecified atom stereocenters. The summed E-state index contributed by atoms with van der Waals surface area (Å²) in [5.41, 5.74) is 4.32. The Morgan fingerprint density at radius 1 is 1.21 bits per heavy atom. The van der Waals surface area contributed by atoms with Crippen LogP contribution in [0.3, 0.4) is 0 Å². The van der Waals surface area contributed by atoms with E-state index in [2.05, 4.69) is 0 Å². The van der Waals surface area contributed by atoms with E-state index in [-0.39, 0.29) is 12.2 Å². The molecule has 1 rings (SSSR count). The van der Waals surface area contributed by atoms with E-state index in [9.17, 15) is 9.59 Å². The predicted octanol–water partition coefficient (Wildman–Crippen LogP) is 1.92. The molecule has 0 saturated heterocycles. The first kappa shape index (κ1) is 10.6. The van der Waals surface area contributed by atoms with Gasteiger partial charge in [-0.05, 0) is 37.5 Å². The molecule has 74 valence electrons. The Bertz CT molecular complexity index is 355. The van der Waals surface area contributed by atoms with E-state index in [4.69, 9.17) is 0 Å². The normalized spacial score (nSPS) is 9.93. The Hall–Kier alpha value is -1.44. The first-order valence-electron chi connectivity index (χ1n) is 4.59. The SMILES string of the molecule is Cc1cc(C)c(CC(=O)C=O)c(C)c1. The fourth-order valence-corrected chi connectivity index (χ4v) is 1.70. The third kappa shape index (κ3) is 2.28. The summed E-state index contributed by atoms with van der Waals surface area (Å²) in [4.78, 5) is 21.3. The Morgan fingerprint density at radius 3 is 2.14 bits per heavy atom. The highest BCUT2D eigenvalue weighted by atomic mass is 16.2. The molecule has 0 aliphatic carbocycles. The molecule has 2 nitrogen and oxygen atoms in total. The van der Waals surface area contributed by atoms with Crippen molar-refractivity contribution in [1.29, 1.82) is 0 Å². The highest BCUT2D eigenvalue weighted by molar-refractivity contribution is 6.25. The van der Waals surface area contributed by atoms with Crippen LogP contribution in [0.4, 0.5) is 0 Å². The highest BCUT2D eigenvalue weighted by Crippen LogP contribution is 2.16. The zero-order chi connectivity index (χ0) is 10.7. The first-order chi connectivity index (χ1) is 6.54. The third-order valence-electron chi connectivity index (χ3n) is 2.32. The highest BCUT2D eigenvalue weighted by Gasteiger charge is 2.08. The molecule has 14 heavy (non-hydrogen) atoms. The lowest BCUT2D eigenvalue weighted by atomic mass is 9.96. The Morgan fingerprint density at radius 2 is 1.71 bits per heavy atom. The maximum Gasteiger partial charge on any atom is 0.199 e. The second-order valence-corrected chi connectivity index (χ2v) is 3.64. The van der Waals surface area contributed by atoms with Crippen molar-refractivity contribution in [2.45, 2.75) is 27.2 Å². The topological polar surface area (TPSA) is 34.1 Å². The van der Waals surface area contributed by atoms with Gasteiger partial charge in [0.2, 0.25) is 0 Å². The van der Waals surface area contributed by atoms with E-state index in [0.717, 1.165) is 16.7 Å². The van der Waals surface area contributed by atoms with Gasteiger partial charge < -0.3 is 0 Å². The van der Waals surface area contributed by atoms with Gasteiger partial charge in [0.25, 0.3) is 0 Å². The van der Waals surface area contributed by atoms with E-state index in [0.29, 0.717) is 6.29 Å². The van der Waals surface area contributed by atoms with Gasteiger partial charge in [-0.1, -0.05) is 17.7 Å². The summed E-state index contributed by atoms with van der Waals surface area (Å²) in [5, 5.41) is 0. The van der Waals surface area contributed by atoms with Crippen LogP contribution < -0.4 is 0 Å². The van der Waals surface area contributed by atoms with Crippen molar-refractivity contribution in [2.24, 2.45) is 0 Å². The minimum atomic E-state index is -0.361. The molecule has 0 fully saturated rings. The molecule has 1 aromatic rings. The molecule has 0 aromatic heterocycles. The number of aryl methyl sites for hydroxylation is 3. The van der Waals surface area contributed by atoms with Crippen molar-refractivity contribution in [2.75, 3.05) is 0 Å². The molecule has 0 heterocycles. The lowest BCUT2D eigenvalue weighted by Gasteiger charge is -2.08. The lowest BCUT2D eigenvalue weighted by molar-refractivity contribution is -0.129. The lowest BCUT2D eigenvalue weighted by Crippen LogP contribution is -2.06. The summed E-state index contributed by atoms with van der Waals surface area (Å²) in [7, 11) is 0. The zero-order valence-electron chi connectivity index (χ0n) is 8.76. The van der Waals surface area contributed by atoms with Crippen molar-refractivity contribution < 1.29 is 9.59 Å². The zero-order valence-corrected chi connectivity index (χ0v) is 8.76. The maximum atomic E-state index is 11.0. The summed E-state index contributed by atoms with van der Waals surface area (Å²) in [6.07, 6.45) is 0.611.